The summed E-state index contributed by atoms with van der Waals surface area (Å²) in [7, 11) is 1.94. The number of aliphatic hydroxyl groups is 1. The van der Waals surface area contributed by atoms with Crippen molar-refractivity contribution >= 4 is 0 Å². The van der Waals surface area contributed by atoms with Gasteiger partial charge in [-0.15, -0.1) is 0 Å². The van der Waals surface area contributed by atoms with Gasteiger partial charge in [-0.05, 0) is 30.3 Å². The van der Waals surface area contributed by atoms with Crippen LogP contribution in [0.5, 0.6) is 0 Å². The van der Waals surface area contributed by atoms with Crippen LogP contribution < -0.4 is 0 Å². The fourth-order valence-electron chi connectivity index (χ4n) is 2.71. The highest BCUT2D eigenvalue weighted by atomic mass is 16.3. The first-order chi connectivity index (χ1) is 12.2. The molecule has 0 bridgehead atoms. The lowest BCUT2D eigenvalue weighted by Gasteiger charge is -2.19. The molecule has 5 nitrogen and oxygen atoms in total. The number of benzene rings is 2. The predicted molar refractivity (Wildman–Crippen MR) is 96.5 cm³/mol. The van der Waals surface area contributed by atoms with E-state index in [1.165, 1.54) is 0 Å². The minimum Gasteiger partial charge on any atom is -0.387 e. The van der Waals surface area contributed by atoms with Crippen LogP contribution in [0.25, 0.3) is 11.3 Å². The van der Waals surface area contributed by atoms with Crippen LogP contribution in [0.15, 0.2) is 60.8 Å². The van der Waals surface area contributed by atoms with Crippen LogP contribution in [0, 0.1) is 11.3 Å². The first-order valence-corrected chi connectivity index (χ1v) is 8.11. The van der Waals surface area contributed by atoms with Gasteiger partial charge in [-0.2, -0.15) is 5.26 Å². The zero-order chi connectivity index (χ0) is 17.6. The largest absolute Gasteiger partial charge is 0.387 e. The Kier molecular flexibility index (Phi) is 5.24. The van der Waals surface area contributed by atoms with Crippen molar-refractivity contribution in [1.29, 1.82) is 5.26 Å². The van der Waals surface area contributed by atoms with Gasteiger partial charge in [-0.25, -0.2) is 4.98 Å². The fraction of sp³-hybridized carbons (Fsp3) is 0.200. The Hall–Kier alpha value is -2.94. The number of rotatable bonds is 6. The average molecular weight is 332 g/mol. The average Bonchev–Trinajstić information content (AvgIpc) is 3.10. The first kappa shape index (κ1) is 16.9. The van der Waals surface area contributed by atoms with Crippen molar-refractivity contribution in [2.45, 2.75) is 12.6 Å². The zero-order valence-electron chi connectivity index (χ0n) is 14.1. The maximum atomic E-state index is 10.4. The minimum atomic E-state index is -0.610. The van der Waals surface area contributed by atoms with E-state index in [2.05, 4.69) is 16.0 Å². The summed E-state index contributed by atoms with van der Waals surface area (Å²) in [5.41, 5.74) is 3.47. The Morgan fingerprint density at radius 3 is 2.56 bits per heavy atom. The Labute approximate surface area is 147 Å². The third-order valence-electron chi connectivity index (χ3n) is 4.04. The van der Waals surface area contributed by atoms with Crippen LogP contribution in [-0.4, -0.2) is 33.6 Å². The Balaban J connectivity index is 1.59. The van der Waals surface area contributed by atoms with Crippen molar-refractivity contribution in [3.8, 4) is 17.3 Å². The van der Waals surface area contributed by atoms with E-state index in [1.807, 2.05) is 48.5 Å². The molecule has 0 saturated carbocycles. The third-order valence-corrected chi connectivity index (χ3v) is 4.04. The molecule has 0 aliphatic heterocycles. The minimum absolute atomic E-state index is 0.479. The van der Waals surface area contributed by atoms with Crippen LogP contribution in [-0.2, 0) is 6.54 Å². The standard InChI is InChI=1S/C20H20N4O/c1-24(13-19(25)17-9-7-15(11-21)8-10-17)14-20-22-12-18(23-20)16-5-3-2-4-6-16/h2-10,12,19,25H,13-14H2,1H3,(H,22,23). The molecule has 1 atom stereocenters. The first-order valence-electron chi connectivity index (χ1n) is 8.11. The Morgan fingerprint density at radius 2 is 1.88 bits per heavy atom. The molecule has 1 aromatic heterocycles. The summed E-state index contributed by atoms with van der Waals surface area (Å²) < 4.78 is 0. The topological polar surface area (TPSA) is 75.9 Å². The van der Waals surface area contributed by atoms with Gasteiger partial charge in [-0.1, -0.05) is 42.5 Å². The van der Waals surface area contributed by atoms with Gasteiger partial charge in [0.1, 0.15) is 5.82 Å². The number of H-pyrrole nitrogens is 1. The number of hydrogen-bond donors (Lipinski definition) is 2. The molecule has 0 spiro atoms. The highest BCUT2D eigenvalue weighted by molar-refractivity contribution is 5.57. The van der Waals surface area contributed by atoms with Gasteiger partial charge in [0.05, 0.1) is 36.2 Å². The highest BCUT2D eigenvalue weighted by Gasteiger charge is 2.12. The zero-order valence-corrected chi connectivity index (χ0v) is 14.1. The summed E-state index contributed by atoms with van der Waals surface area (Å²) in [6.07, 6.45) is 1.22. The number of nitrogens with zero attached hydrogens (tertiary/aromatic N) is 3. The van der Waals surface area contributed by atoms with E-state index in [9.17, 15) is 5.11 Å². The SMILES string of the molecule is CN(Cc1ncc(-c2ccccc2)[nH]1)CC(O)c1ccc(C#N)cc1. The number of imidazole rings is 1. The molecule has 2 aromatic carbocycles. The van der Waals surface area contributed by atoms with E-state index in [1.54, 1.807) is 24.3 Å². The fourth-order valence-corrected chi connectivity index (χ4v) is 2.71. The van der Waals surface area contributed by atoms with Gasteiger partial charge < -0.3 is 10.1 Å². The lowest BCUT2D eigenvalue weighted by atomic mass is 10.1. The van der Waals surface area contributed by atoms with Crippen LogP contribution in [0.3, 0.4) is 0 Å². The van der Waals surface area contributed by atoms with Crippen LogP contribution in [0.4, 0.5) is 0 Å². The maximum Gasteiger partial charge on any atom is 0.120 e. The molecule has 0 aliphatic rings. The number of aliphatic hydroxyl groups excluding tert-OH is 1. The number of hydrogen-bond acceptors (Lipinski definition) is 4. The van der Waals surface area contributed by atoms with Crippen molar-refractivity contribution in [2.24, 2.45) is 0 Å². The van der Waals surface area contributed by atoms with Gasteiger partial charge in [0.2, 0.25) is 0 Å². The van der Waals surface area contributed by atoms with Crippen LogP contribution in [0.1, 0.15) is 23.1 Å². The van der Waals surface area contributed by atoms with E-state index in [0.717, 1.165) is 22.6 Å². The third kappa shape index (κ3) is 4.32. The number of nitriles is 1. The van der Waals surface area contributed by atoms with Gasteiger partial charge in [0.15, 0.2) is 0 Å². The lowest BCUT2D eigenvalue weighted by molar-refractivity contribution is 0.122. The van der Waals surface area contributed by atoms with Gasteiger partial charge in [-0.3, -0.25) is 4.90 Å². The van der Waals surface area contributed by atoms with Crippen LogP contribution in [0.2, 0.25) is 0 Å². The smallest absolute Gasteiger partial charge is 0.120 e. The van der Waals surface area contributed by atoms with Crippen LogP contribution >= 0.6 is 0 Å². The Morgan fingerprint density at radius 1 is 1.16 bits per heavy atom. The second-order valence-corrected chi connectivity index (χ2v) is 6.06. The summed E-state index contributed by atoms with van der Waals surface area (Å²) in [6, 6.07) is 19.1. The summed E-state index contributed by atoms with van der Waals surface area (Å²) in [4.78, 5) is 9.75. The molecule has 5 heteroatoms. The molecule has 3 rings (SSSR count). The molecule has 0 radical (unpaired) electrons. The predicted octanol–water partition coefficient (Wildman–Crippen LogP) is 3.11. The molecular formula is C20H20N4O. The number of nitrogens with one attached hydrogen (secondary N) is 1. The molecule has 3 aromatic rings. The second kappa shape index (κ2) is 7.75. The molecule has 25 heavy (non-hydrogen) atoms. The van der Waals surface area contributed by atoms with E-state index < -0.39 is 6.10 Å². The highest BCUT2D eigenvalue weighted by Crippen LogP contribution is 2.18. The van der Waals surface area contributed by atoms with Crippen molar-refractivity contribution < 1.29 is 5.11 Å². The van der Waals surface area contributed by atoms with E-state index in [-0.39, 0.29) is 0 Å². The molecule has 0 saturated heterocycles. The van der Waals surface area contributed by atoms with E-state index in [0.29, 0.717) is 18.7 Å². The number of likely N-dealkylation sites (N-methyl/N-ethyl adjacent to an activating group) is 1. The summed E-state index contributed by atoms with van der Waals surface area (Å²) in [5, 5.41) is 19.2. The van der Waals surface area contributed by atoms with E-state index in [4.69, 9.17) is 5.26 Å². The summed E-state index contributed by atoms with van der Waals surface area (Å²) >= 11 is 0. The molecule has 126 valence electrons. The van der Waals surface area contributed by atoms with Crippen molar-refractivity contribution in [2.75, 3.05) is 13.6 Å². The maximum absolute atomic E-state index is 10.4. The van der Waals surface area contributed by atoms with Crippen molar-refractivity contribution in [3.63, 3.8) is 0 Å². The summed E-state index contributed by atoms with van der Waals surface area (Å²) in [6.45, 7) is 1.09. The number of aromatic nitrogens is 2. The molecular weight excluding hydrogens is 312 g/mol. The monoisotopic (exact) mass is 332 g/mol. The lowest BCUT2D eigenvalue weighted by Crippen LogP contribution is -2.24. The van der Waals surface area contributed by atoms with E-state index >= 15 is 0 Å². The number of aromatic amines is 1. The van der Waals surface area contributed by atoms with Gasteiger partial charge >= 0.3 is 0 Å². The van der Waals surface area contributed by atoms with Gasteiger partial charge in [0.25, 0.3) is 0 Å². The second-order valence-electron chi connectivity index (χ2n) is 6.06. The molecule has 2 N–H and O–H groups in total. The van der Waals surface area contributed by atoms with Gasteiger partial charge in [0, 0.05) is 6.54 Å². The van der Waals surface area contributed by atoms with Crippen molar-refractivity contribution in [1.82, 2.24) is 14.9 Å². The Bertz CT molecular complexity index is 849. The molecule has 0 fully saturated rings. The molecule has 1 unspecified atom stereocenters. The molecule has 0 aliphatic carbocycles. The normalized spacial score (nSPS) is 12.1. The summed E-state index contributed by atoms with van der Waals surface area (Å²) in [5.74, 6) is 0.855. The quantitative estimate of drug-likeness (QED) is 0.727. The molecule has 1 heterocycles. The molecule has 0 amide bonds. The van der Waals surface area contributed by atoms with Crippen molar-refractivity contribution in [3.05, 3.63) is 77.7 Å².